The molecular weight excluding hydrogens is 352 g/mol. The van der Waals surface area contributed by atoms with Gasteiger partial charge in [-0.2, -0.15) is 0 Å². The second-order valence-corrected chi connectivity index (χ2v) is 6.42. The molecule has 0 aliphatic heterocycles. The average Bonchev–Trinajstić information content (AvgIpc) is 3.18. The number of aromatic nitrogens is 1. The number of rotatable bonds is 6. The van der Waals surface area contributed by atoms with Gasteiger partial charge in [0.1, 0.15) is 6.61 Å². The van der Waals surface area contributed by atoms with Crippen molar-refractivity contribution in [2.24, 2.45) is 0 Å². The van der Waals surface area contributed by atoms with E-state index in [1.54, 1.807) is 23.8 Å². The van der Waals surface area contributed by atoms with Crippen LogP contribution in [0.15, 0.2) is 66.3 Å². The molecule has 0 saturated carbocycles. The highest BCUT2D eigenvalue weighted by Gasteiger charge is 2.20. The molecule has 26 heavy (non-hydrogen) atoms. The molecule has 7 heteroatoms. The summed E-state index contributed by atoms with van der Waals surface area (Å²) in [4.78, 5) is 30.2. The normalized spacial score (nSPS) is 10.3. The molecule has 0 bridgehead atoms. The van der Waals surface area contributed by atoms with E-state index in [1.807, 2.05) is 30.3 Å². The van der Waals surface area contributed by atoms with Gasteiger partial charge in [-0.25, -0.2) is 9.59 Å². The summed E-state index contributed by atoms with van der Waals surface area (Å²) >= 11 is 1.41. The first kappa shape index (κ1) is 17.6. The molecule has 0 aliphatic rings. The van der Waals surface area contributed by atoms with Crippen LogP contribution in [-0.4, -0.2) is 22.2 Å². The number of carboxylic acids is 1. The van der Waals surface area contributed by atoms with E-state index in [1.165, 1.54) is 28.4 Å². The van der Waals surface area contributed by atoms with E-state index in [2.05, 4.69) is 4.98 Å². The zero-order valence-electron chi connectivity index (χ0n) is 13.7. The fraction of sp³-hybridized carbons (Fsp3) is 0.105. The van der Waals surface area contributed by atoms with Gasteiger partial charge in [-0.05, 0) is 23.8 Å². The molecule has 0 unspecified atom stereocenters. The van der Waals surface area contributed by atoms with Crippen LogP contribution in [0.3, 0.4) is 0 Å². The van der Waals surface area contributed by atoms with Crippen LogP contribution in [0.1, 0.15) is 20.8 Å². The van der Waals surface area contributed by atoms with Crippen LogP contribution in [0.4, 0.5) is 10.5 Å². The molecule has 0 fully saturated rings. The van der Waals surface area contributed by atoms with E-state index in [9.17, 15) is 14.7 Å². The number of carbonyl (C=O) groups is 2. The highest BCUT2D eigenvalue weighted by Crippen LogP contribution is 2.22. The molecule has 0 atom stereocenters. The van der Waals surface area contributed by atoms with E-state index in [0.717, 1.165) is 10.4 Å². The minimum atomic E-state index is -1.05. The molecule has 1 aromatic heterocycles. The number of anilines is 1. The number of amides is 1. The van der Waals surface area contributed by atoms with Gasteiger partial charge < -0.3 is 9.84 Å². The Hall–Kier alpha value is -3.19. The van der Waals surface area contributed by atoms with Crippen molar-refractivity contribution in [3.05, 3.63) is 82.3 Å². The zero-order valence-corrected chi connectivity index (χ0v) is 14.6. The highest BCUT2D eigenvalue weighted by molar-refractivity contribution is 7.09. The highest BCUT2D eigenvalue weighted by atomic mass is 32.1. The minimum absolute atomic E-state index is 0.104. The minimum Gasteiger partial charge on any atom is -0.478 e. The molecule has 1 amide bonds. The van der Waals surface area contributed by atoms with E-state index in [4.69, 9.17) is 4.74 Å². The summed E-state index contributed by atoms with van der Waals surface area (Å²) in [5.74, 6) is -1.05. The topological polar surface area (TPSA) is 79.7 Å². The second kappa shape index (κ2) is 8.26. The van der Waals surface area contributed by atoms with E-state index >= 15 is 0 Å². The van der Waals surface area contributed by atoms with Crippen molar-refractivity contribution in [1.82, 2.24) is 4.98 Å². The van der Waals surface area contributed by atoms with Crippen LogP contribution >= 0.6 is 11.3 Å². The summed E-state index contributed by atoms with van der Waals surface area (Å²) in [6.45, 7) is 0.388. The quantitative estimate of drug-likeness (QED) is 0.706. The molecule has 6 nitrogen and oxygen atoms in total. The number of aromatic carboxylic acids is 1. The maximum absolute atomic E-state index is 12.7. The van der Waals surface area contributed by atoms with Crippen LogP contribution in [0.25, 0.3) is 0 Å². The van der Waals surface area contributed by atoms with Crippen LogP contribution < -0.4 is 4.90 Å². The Morgan fingerprint density at radius 1 is 1.12 bits per heavy atom. The molecule has 3 rings (SSSR count). The molecule has 1 N–H and O–H groups in total. The van der Waals surface area contributed by atoms with Crippen molar-refractivity contribution < 1.29 is 19.4 Å². The molecule has 2 aromatic carbocycles. The zero-order chi connectivity index (χ0) is 18.4. The summed E-state index contributed by atoms with van der Waals surface area (Å²) in [7, 11) is 0. The van der Waals surface area contributed by atoms with E-state index in [-0.39, 0.29) is 18.7 Å². The molecule has 0 aliphatic carbocycles. The van der Waals surface area contributed by atoms with Gasteiger partial charge in [0.05, 0.1) is 17.6 Å². The maximum Gasteiger partial charge on any atom is 0.414 e. The lowest BCUT2D eigenvalue weighted by atomic mass is 10.2. The Kier molecular flexibility index (Phi) is 5.60. The molecule has 1 heterocycles. The Labute approximate surface area is 154 Å². The van der Waals surface area contributed by atoms with Crippen molar-refractivity contribution in [2.75, 3.05) is 4.90 Å². The lowest BCUT2D eigenvalue weighted by Gasteiger charge is -2.22. The first-order valence-electron chi connectivity index (χ1n) is 7.82. The van der Waals surface area contributed by atoms with Gasteiger partial charge in [0, 0.05) is 16.8 Å². The Morgan fingerprint density at radius 3 is 2.62 bits per heavy atom. The number of nitrogens with zero attached hydrogens (tertiary/aromatic N) is 2. The number of carbonyl (C=O) groups excluding carboxylic acids is 1. The first-order valence-corrected chi connectivity index (χ1v) is 8.70. The van der Waals surface area contributed by atoms with Crippen LogP contribution in [0.2, 0.25) is 0 Å². The van der Waals surface area contributed by atoms with Gasteiger partial charge in [-0.1, -0.05) is 36.4 Å². The van der Waals surface area contributed by atoms with Crippen LogP contribution in [-0.2, 0) is 17.9 Å². The van der Waals surface area contributed by atoms with Crippen LogP contribution in [0, 0.1) is 0 Å². The SMILES string of the molecule is O=C(O)c1cccc(N(Cc2cncs2)C(=O)OCc2ccccc2)c1. The lowest BCUT2D eigenvalue weighted by Crippen LogP contribution is -2.30. The van der Waals surface area contributed by atoms with E-state index < -0.39 is 12.1 Å². The summed E-state index contributed by atoms with van der Waals surface area (Å²) in [6, 6.07) is 15.6. The summed E-state index contributed by atoms with van der Waals surface area (Å²) < 4.78 is 5.42. The van der Waals surface area contributed by atoms with Gasteiger partial charge in [-0.15, -0.1) is 11.3 Å². The van der Waals surface area contributed by atoms with Gasteiger partial charge in [0.2, 0.25) is 0 Å². The third-order valence-corrected chi connectivity index (χ3v) is 4.39. The summed E-state index contributed by atoms with van der Waals surface area (Å²) in [5, 5.41) is 9.20. The lowest BCUT2D eigenvalue weighted by molar-refractivity contribution is 0.0696. The molecule has 0 spiro atoms. The number of hydrogen-bond acceptors (Lipinski definition) is 5. The van der Waals surface area contributed by atoms with Gasteiger partial charge in [-0.3, -0.25) is 9.88 Å². The largest absolute Gasteiger partial charge is 0.478 e. The Bertz CT molecular complexity index is 882. The van der Waals surface area contributed by atoms with Gasteiger partial charge in [0.25, 0.3) is 0 Å². The smallest absolute Gasteiger partial charge is 0.414 e. The first-order chi connectivity index (χ1) is 12.6. The molecular formula is C19H16N2O4S. The average molecular weight is 368 g/mol. The van der Waals surface area contributed by atoms with Crippen molar-refractivity contribution >= 4 is 29.1 Å². The number of carboxylic acid groups (broad SMARTS) is 1. The molecule has 132 valence electrons. The number of ether oxygens (including phenoxy) is 1. The van der Waals surface area contributed by atoms with Crippen molar-refractivity contribution in [1.29, 1.82) is 0 Å². The van der Waals surface area contributed by atoms with Crippen molar-refractivity contribution in [3.63, 3.8) is 0 Å². The molecule has 0 radical (unpaired) electrons. The standard InChI is InChI=1S/C19H16N2O4S/c22-18(23)15-7-4-8-16(9-15)21(11-17-10-20-13-26-17)19(24)25-12-14-5-2-1-3-6-14/h1-10,13H,11-12H2,(H,22,23). The third-order valence-electron chi connectivity index (χ3n) is 3.63. The predicted molar refractivity (Wildman–Crippen MR) is 98.3 cm³/mol. The fourth-order valence-corrected chi connectivity index (χ4v) is 2.92. The van der Waals surface area contributed by atoms with Crippen LogP contribution in [0.5, 0.6) is 0 Å². The van der Waals surface area contributed by atoms with Crippen molar-refractivity contribution in [2.45, 2.75) is 13.2 Å². The maximum atomic E-state index is 12.7. The Morgan fingerprint density at radius 2 is 1.92 bits per heavy atom. The van der Waals surface area contributed by atoms with Gasteiger partial charge >= 0.3 is 12.1 Å². The third kappa shape index (κ3) is 4.46. The summed E-state index contributed by atoms with van der Waals surface area (Å²) in [5.41, 5.74) is 3.11. The Balaban J connectivity index is 1.81. The number of thiazole rings is 1. The van der Waals surface area contributed by atoms with E-state index in [0.29, 0.717) is 5.69 Å². The number of benzene rings is 2. The fourth-order valence-electron chi connectivity index (χ4n) is 2.34. The molecule has 0 saturated heterocycles. The molecule has 3 aromatic rings. The van der Waals surface area contributed by atoms with Crippen molar-refractivity contribution in [3.8, 4) is 0 Å². The number of hydrogen-bond donors (Lipinski definition) is 1. The summed E-state index contributed by atoms with van der Waals surface area (Å²) in [6.07, 6.45) is 1.12. The predicted octanol–water partition coefficient (Wildman–Crippen LogP) is 4.18. The van der Waals surface area contributed by atoms with Gasteiger partial charge in [0.15, 0.2) is 0 Å². The second-order valence-electron chi connectivity index (χ2n) is 5.45. The monoisotopic (exact) mass is 368 g/mol.